The number of benzene rings is 2. The lowest BCUT2D eigenvalue weighted by Gasteiger charge is -2.48. The lowest BCUT2D eigenvalue weighted by atomic mass is 9.98. The quantitative estimate of drug-likeness (QED) is 0.868. The highest BCUT2D eigenvalue weighted by molar-refractivity contribution is 5.86. The van der Waals surface area contributed by atoms with E-state index in [1.165, 1.54) is 10.8 Å². The van der Waals surface area contributed by atoms with E-state index in [2.05, 4.69) is 47.5 Å². The number of fused-ring (bicyclic) bond motifs is 1. The standard InChI is InChI=1S/C23H29N3O3/c1-17(20-8-4-6-18-5-2-3-7-21(18)20)24-22(27)26-15-19(16-26)25-11-9-23(10-12-25)28-13-14-29-23/h2-8,17,19H,9-16H2,1H3,(H,24,27). The van der Waals surface area contributed by atoms with E-state index < -0.39 is 0 Å². The van der Waals surface area contributed by atoms with Gasteiger partial charge in [-0.05, 0) is 23.3 Å². The molecule has 1 N–H and O–H groups in total. The highest BCUT2D eigenvalue weighted by Crippen LogP contribution is 2.33. The summed E-state index contributed by atoms with van der Waals surface area (Å²) < 4.78 is 11.6. The fourth-order valence-corrected chi connectivity index (χ4v) is 4.85. The van der Waals surface area contributed by atoms with Crippen LogP contribution in [0.25, 0.3) is 10.8 Å². The molecule has 2 amide bonds. The molecule has 2 aromatic carbocycles. The maximum Gasteiger partial charge on any atom is 0.317 e. The topological polar surface area (TPSA) is 54.0 Å². The first-order valence-electron chi connectivity index (χ1n) is 10.7. The van der Waals surface area contributed by atoms with Gasteiger partial charge in [0, 0.05) is 45.1 Å². The third-order valence-electron chi connectivity index (χ3n) is 6.67. The van der Waals surface area contributed by atoms with Crippen LogP contribution in [0.2, 0.25) is 0 Å². The second-order valence-electron chi connectivity index (χ2n) is 8.44. The molecular formula is C23H29N3O3. The van der Waals surface area contributed by atoms with Crippen molar-refractivity contribution < 1.29 is 14.3 Å². The fourth-order valence-electron chi connectivity index (χ4n) is 4.85. The van der Waals surface area contributed by atoms with Crippen LogP contribution in [0.5, 0.6) is 0 Å². The Morgan fingerprint density at radius 3 is 2.52 bits per heavy atom. The minimum absolute atomic E-state index is 0.0256. The van der Waals surface area contributed by atoms with Crippen LogP contribution in [0, 0.1) is 0 Å². The molecule has 2 aromatic rings. The number of likely N-dealkylation sites (tertiary alicyclic amines) is 2. The molecule has 0 saturated carbocycles. The lowest BCUT2D eigenvalue weighted by molar-refractivity contribution is -0.190. The molecular weight excluding hydrogens is 366 g/mol. The van der Waals surface area contributed by atoms with Gasteiger partial charge in [0.25, 0.3) is 0 Å². The molecule has 6 heteroatoms. The van der Waals surface area contributed by atoms with Gasteiger partial charge in [0.1, 0.15) is 0 Å². The Balaban J connectivity index is 1.14. The van der Waals surface area contributed by atoms with Crippen molar-refractivity contribution in [1.82, 2.24) is 15.1 Å². The van der Waals surface area contributed by atoms with E-state index in [4.69, 9.17) is 9.47 Å². The number of rotatable bonds is 3. The van der Waals surface area contributed by atoms with Crippen molar-refractivity contribution in [3.63, 3.8) is 0 Å². The zero-order chi connectivity index (χ0) is 19.8. The molecule has 29 heavy (non-hydrogen) atoms. The van der Waals surface area contributed by atoms with E-state index in [1.54, 1.807) is 0 Å². The molecule has 3 fully saturated rings. The van der Waals surface area contributed by atoms with E-state index >= 15 is 0 Å². The molecule has 0 bridgehead atoms. The molecule has 3 aliphatic heterocycles. The summed E-state index contributed by atoms with van der Waals surface area (Å²) in [5.41, 5.74) is 1.16. The molecule has 0 aromatic heterocycles. The number of piperidine rings is 1. The van der Waals surface area contributed by atoms with Gasteiger partial charge in [-0.15, -0.1) is 0 Å². The zero-order valence-electron chi connectivity index (χ0n) is 17.0. The third kappa shape index (κ3) is 3.61. The van der Waals surface area contributed by atoms with Crippen LogP contribution >= 0.6 is 0 Å². The fraction of sp³-hybridized carbons (Fsp3) is 0.522. The number of ether oxygens (including phenoxy) is 2. The lowest BCUT2D eigenvalue weighted by Crippen LogP contribution is -2.64. The molecule has 3 saturated heterocycles. The van der Waals surface area contributed by atoms with Gasteiger partial charge in [0.2, 0.25) is 0 Å². The van der Waals surface area contributed by atoms with Crippen LogP contribution in [0.1, 0.15) is 31.4 Å². The van der Waals surface area contributed by atoms with Crippen molar-refractivity contribution in [2.75, 3.05) is 39.4 Å². The van der Waals surface area contributed by atoms with Gasteiger partial charge < -0.3 is 19.7 Å². The number of carbonyl (C=O) groups excluding carboxylic acids is 1. The smallest absolute Gasteiger partial charge is 0.317 e. The van der Waals surface area contributed by atoms with Crippen molar-refractivity contribution in [2.24, 2.45) is 0 Å². The molecule has 1 spiro atoms. The SMILES string of the molecule is CC(NC(=O)N1CC(N2CCC3(CC2)OCCO3)C1)c1cccc2ccccc12. The summed E-state index contributed by atoms with van der Waals surface area (Å²) in [4.78, 5) is 17.1. The molecule has 3 aliphatic rings. The molecule has 5 rings (SSSR count). The first kappa shape index (κ1) is 18.9. The van der Waals surface area contributed by atoms with Gasteiger partial charge in [-0.25, -0.2) is 4.79 Å². The highest BCUT2D eigenvalue weighted by Gasteiger charge is 2.43. The summed E-state index contributed by atoms with van der Waals surface area (Å²) in [6, 6.07) is 15.0. The van der Waals surface area contributed by atoms with Gasteiger partial charge >= 0.3 is 6.03 Å². The van der Waals surface area contributed by atoms with Crippen molar-refractivity contribution in [3.05, 3.63) is 48.0 Å². The third-order valence-corrected chi connectivity index (χ3v) is 6.67. The van der Waals surface area contributed by atoms with Crippen LogP contribution in [-0.2, 0) is 9.47 Å². The summed E-state index contributed by atoms with van der Waals surface area (Å²) in [7, 11) is 0. The summed E-state index contributed by atoms with van der Waals surface area (Å²) in [5, 5.41) is 5.58. The molecule has 1 unspecified atom stereocenters. The predicted octanol–water partition coefficient (Wildman–Crippen LogP) is 3.13. The van der Waals surface area contributed by atoms with Crippen molar-refractivity contribution >= 4 is 16.8 Å². The van der Waals surface area contributed by atoms with Crippen LogP contribution in [0.15, 0.2) is 42.5 Å². The number of nitrogens with one attached hydrogen (secondary N) is 1. The average molecular weight is 396 g/mol. The minimum atomic E-state index is -0.328. The van der Waals surface area contributed by atoms with Crippen LogP contribution in [0.3, 0.4) is 0 Å². The normalized spacial score (nSPS) is 23.3. The maximum absolute atomic E-state index is 12.7. The minimum Gasteiger partial charge on any atom is -0.347 e. The Kier molecular flexibility index (Phi) is 4.94. The number of hydrogen-bond acceptors (Lipinski definition) is 4. The summed E-state index contributed by atoms with van der Waals surface area (Å²) in [6.07, 6.45) is 1.85. The molecule has 6 nitrogen and oxygen atoms in total. The Hall–Kier alpha value is -2.15. The van der Waals surface area contributed by atoms with E-state index in [-0.39, 0.29) is 17.9 Å². The largest absolute Gasteiger partial charge is 0.347 e. The number of nitrogens with zero attached hydrogens (tertiary/aromatic N) is 2. The maximum atomic E-state index is 12.7. The molecule has 154 valence electrons. The molecule has 1 atom stereocenters. The Labute approximate surface area is 171 Å². The Morgan fingerprint density at radius 1 is 1.07 bits per heavy atom. The highest BCUT2D eigenvalue weighted by atomic mass is 16.7. The van der Waals surface area contributed by atoms with Gasteiger partial charge in [0.05, 0.1) is 19.3 Å². The second-order valence-corrected chi connectivity index (χ2v) is 8.44. The Bertz CT molecular complexity index is 875. The van der Waals surface area contributed by atoms with E-state index in [9.17, 15) is 4.79 Å². The summed E-state index contributed by atoms with van der Waals surface area (Å²) >= 11 is 0. The van der Waals surface area contributed by atoms with E-state index in [0.29, 0.717) is 19.3 Å². The van der Waals surface area contributed by atoms with Crippen molar-refractivity contribution in [3.8, 4) is 0 Å². The van der Waals surface area contributed by atoms with Crippen molar-refractivity contribution in [1.29, 1.82) is 0 Å². The number of carbonyl (C=O) groups is 1. The van der Waals surface area contributed by atoms with Gasteiger partial charge in [-0.1, -0.05) is 42.5 Å². The second kappa shape index (κ2) is 7.59. The first-order valence-corrected chi connectivity index (χ1v) is 10.7. The van der Waals surface area contributed by atoms with Crippen LogP contribution < -0.4 is 5.32 Å². The van der Waals surface area contributed by atoms with Crippen molar-refractivity contribution in [2.45, 2.75) is 37.6 Å². The summed E-state index contributed by atoms with van der Waals surface area (Å²) in [5.74, 6) is -0.328. The number of urea groups is 1. The molecule has 0 aliphatic carbocycles. The number of amides is 2. The Morgan fingerprint density at radius 2 is 1.76 bits per heavy atom. The van der Waals surface area contributed by atoms with Gasteiger partial charge in [-0.2, -0.15) is 0 Å². The summed E-state index contributed by atoms with van der Waals surface area (Å²) in [6.45, 7) is 7.03. The van der Waals surface area contributed by atoms with Crippen LogP contribution in [0.4, 0.5) is 4.79 Å². The van der Waals surface area contributed by atoms with Crippen LogP contribution in [-0.4, -0.2) is 67.1 Å². The van der Waals surface area contributed by atoms with E-state index in [1.807, 2.05) is 17.0 Å². The first-order chi connectivity index (χ1) is 14.1. The van der Waals surface area contributed by atoms with Gasteiger partial charge in [0.15, 0.2) is 5.79 Å². The predicted molar refractivity (Wildman–Crippen MR) is 112 cm³/mol. The average Bonchev–Trinajstić information content (AvgIpc) is 3.16. The number of hydrogen-bond donors (Lipinski definition) is 1. The van der Waals surface area contributed by atoms with Gasteiger partial charge in [-0.3, -0.25) is 4.90 Å². The monoisotopic (exact) mass is 395 g/mol. The molecule has 3 heterocycles. The molecule has 0 radical (unpaired) electrons. The van der Waals surface area contributed by atoms with E-state index in [0.717, 1.165) is 44.6 Å². The zero-order valence-corrected chi connectivity index (χ0v) is 17.0.